The standard InChI is InChI=1S/C21H21NO/c1-16(22(2)3)21(18-11-5-4-6-12-18)23-20-15-9-13-17-10-7-8-14-19(17)20/h4-15H,1-3H3. The summed E-state index contributed by atoms with van der Waals surface area (Å²) in [4.78, 5) is 2.08. The van der Waals surface area contributed by atoms with E-state index in [1.807, 2.05) is 56.6 Å². The number of rotatable bonds is 4. The molecule has 0 aliphatic heterocycles. The van der Waals surface area contributed by atoms with E-state index in [9.17, 15) is 0 Å². The summed E-state index contributed by atoms with van der Waals surface area (Å²) >= 11 is 0. The van der Waals surface area contributed by atoms with E-state index < -0.39 is 0 Å². The SMILES string of the molecule is CC(=C(Oc1cccc2ccccc12)c1ccccc1)N(C)C. The van der Waals surface area contributed by atoms with Crippen molar-refractivity contribution < 1.29 is 4.74 Å². The third kappa shape index (κ3) is 3.21. The monoisotopic (exact) mass is 303 g/mol. The number of hydrogen-bond acceptors (Lipinski definition) is 2. The summed E-state index contributed by atoms with van der Waals surface area (Å²) in [6.45, 7) is 2.08. The summed E-state index contributed by atoms with van der Waals surface area (Å²) in [5.74, 6) is 1.76. The Morgan fingerprint density at radius 1 is 0.783 bits per heavy atom. The number of allylic oxidation sites excluding steroid dienone is 1. The maximum Gasteiger partial charge on any atom is 0.153 e. The van der Waals surface area contributed by atoms with Crippen LogP contribution in [0.25, 0.3) is 16.5 Å². The average Bonchev–Trinajstić information content (AvgIpc) is 2.60. The molecule has 0 aliphatic carbocycles. The van der Waals surface area contributed by atoms with Crippen molar-refractivity contribution in [3.63, 3.8) is 0 Å². The van der Waals surface area contributed by atoms with Crippen LogP contribution in [0.4, 0.5) is 0 Å². The highest BCUT2D eigenvalue weighted by atomic mass is 16.5. The molecule has 0 saturated carbocycles. The van der Waals surface area contributed by atoms with Crippen molar-refractivity contribution in [2.24, 2.45) is 0 Å². The molecule has 0 radical (unpaired) electrons. The second-order valence-electron chi connectivity index (χ2n) is 5.75. The minimum absolute atomic E-state index is 0.878. The molecule has 0 bridgehead atoms. The molecule has 116 valence electrons. The van der Waals surface area contributed by atoms with Crippen molar-refractivity contribution >= 4 is 16.5 Å². The molecule has 23 heavy (non-hydrogen) atoms. The lowest BCUT2D eigenvalue weighted by atomic mass is 10.1. The molecule has 3 rings (SSSR count). The molecule has 0 atom stereocenters. The predicted molar refractivity (Wildman–Crippen MR) is 97.3 cm³/mol. The third-order valence-corrected chi connectivity index (χ3v) is 4.00. The number of hydrogen-bond donors (Lipinski definition) is 0. The van der Waals surface area contributed by atoms with E-state index in [2.05, 4.69) is 42.2 Å². The van der Waals surface area contributed by atoms with Gasteiger partial charge in [-0.15, -0.1) is 0 Å². The van der Waals surface area contributed by atoms with Gasteiger partial charge in [-0.25, -0.2) is 0 Å². The molecule has 0 N–H and O–H groups in total. The van der Waals surface area contributed by atoms with Crippen LogP contribution in [0.1, 0.15) is 12.5 Å². The summed E-state index contributed by atoms with van der Waals surface area (Å²) < 4.78 is 6.37. The van der Waals surface area contributed by atoms with Gasteiger partial charge in [-0.05, 0) is 18.4 Å². The van der Waals surface area contributed by atoms with Gasteiger partial charge in [0.15, 0.2) is 5.76 Å². The zero-order valence-electron chi connectivity index (χ0n) is 13.8. The summed E-state index contributed by atoms with van der Waals surface area (Å²) in [5.41, 5.74) is 2.16. The minimum atomic E-state index is 0.878. The van der Waals surface area contributed by atoms with Crippen LogP contribution in [0.5, 0.6) is 5.75 Å². The van der Waals surface area contributed by atoms with Crippen LogP contribution in [0.3, 0.4) is 0 Å². The van der Waals surface area contributed by atoms with Gasteiger partial charge in [0, 0.05) is 25.0 Å². The van der Waals surface area contributed by atoms with Crippen molar-refractivity contribution in [1.29, 1.82) is 0 Å². The highest BCUT2D eigenvalue weighted by Gasteiger charge is 2.12. The van der Waals surface area contributed by atoms with Crippen LogP contribution in [0.2, 0.25) is 0 Å². The number of ether oxygens (including phenoxy) is 1. The van der Waals surface area contributed by atoms with Gasteiger partial charge < -0.3 is 9.64 Å². The zero-order valence-corrected chi connectivity index (χ0v) is 13.8. The van der Waals surface area contributed by atoms with Crippen LogP contribution in [0, 0.1) is 0 Å². The van der Waals surface area contributed by atoms with E-state index in [0.29, 0.717) is 0 Å². The first kappa shape index (κ1) is 15.2. The van der Waals surface area contributed by atoms with Crippen LogP contribution in [-0.4, -0.2) is 19.0 Å². The first-order valence-corrected chi connectivity index (χ1v) is 7.76. The highest BCUT2D eigenvalue weighted by Crippen LogP contribution is 2.30. The van der Waals surface area contributed by atoms with Gasteiger partial charge in [-0.2, -0.15) is 0 Å². The number of benzene rings is 3. The predicted octanol–water partition coefficient (Wildman–Crippen LogP) is 5.17. The Labute approximate surface area is 137 Å². The molecule has 0 saturated heterocycles. The van der Waals surface area contributed by atoms with E-state index in [4.69, 9.17) is 4.74 Å². The lowest BCUT2D eigenvalue weighted by Crippen LogP contribution is -2.13. The second kappa shape index (κ2) is 6.57. The Kier molecular flexibility index (Phi) is 4.33. The van der Waals surface area contributed by atoms with Crippen LogP contribution in [-0.2, 0) is 0 Å². The molecule has 3 aromatic carbocycles. The Morgan fingerprint density at radius 3 is 2.17 bits per heavy atom. The maximum absolute atomic E-state index is 6.37. The molecule has 0 heterocycles. The molecule has 0 spiro atoms. The number of fused-ring (bicyclic) bond motifs is 1. The van der Waals surface area contributed by atoms with E-state index in [-0.39, 0.29) is 0 Å². The molecular formula is C21H21NO. The van der Waals surface area contributed by atoms with Gasteiger partial charge in [-0.1, -0.05) is 66.7 Å². The Bertz CT molecular complexity index is 829. The first-order valence-electron chi connectivity index (χ1n) is 7.76. The van der Waals surface area contributed by atoms with E-state index in [0.717, 1.165) is 28.2 Å². The van der Waals surface area contributed by atoms with E-state index >= 15 is 0 Å². The fourth-order valence-corrected chi connectivity index (χ4v) is 2.53. The summed E-state index contributed by atoms with van der Waals surface area (Å²) in [6.07, 6.45) is 0. The van der Waals surface area contributed by atoms with Gasteiger partial charge in [0.05, 0.1) is 5.70 Å². The fraction of sp³-hybridized carbons (Fsp3) is 0.143. The van der Waals surface area contributed by atoms with Gasteiger partial charge in [0.1, 0.15) is 5.75 Å². The lowest BCUT2D eigenvalue weighted by Gasteiger charge is -2.20. The normalized spacial score (nSPS) is 12.0. The topological polar surface area (TPSA) is 12.5 Å². The Balaban J connectivity index is 2.10. The Hall–Kier alpha value is -2.74. The average molecular weight is 303 g/mol. The van der Waals surface area contributed by atoms with Crippen molar-refractivity contribution in [2.75, 3.05) is 14.1 Å². The van der Waals surface area contributed by atoms with Crippen molar-refractivity contribution in [3.05, 3.63) is 84.1 Å². The third-order valence-electron chi connectivity index (χ3n) is 4.00. The van der Waals surface area contributed by atoms with Crippen LogP contribution >= 0.6 is 0 Å². The second-order valence-corrected chi connectivity index (χ2v) is 5.75. The molecule has 3 aromatic rings. The van der Waals surface area contributed by atoms with Crippen LogP contribution < -0.4 is 4.74 Å². The lowest BCUT2D eigenvalue weighted by molar-refractivity contribution is 0.460. The van der Waals surface area contributed by atoms with Crippen molar-refractivity contribution in [1.82, 2.24) is 4.90 Å². The summed E-state index contributed by atoms with van der Waals surface area (Å²) in [5, 5.41) is 2.30. The van der Waals surface area contributed by atoms with Gasteiger partial charge in [-0.3, -0.25) is 0 Å². The van der Waals surface area contributed by atoms with Gasteiger partial charge >= 0.3 is 0 Å². The fourth-order valence-electron chi connectivity index (χ4n) is 2.53. The smallest absolute Gasteiger partial charge is 0.153 e. The molecule has 0 unspecified atom stereocenters. The van der Waals surface area contributed by atoms with Gasteiger partial charge in [0.2, 0.25) is 0 Å². The molecule has 2 heteroatoms. The maximum atomic E-state index is 6.37. The first-order chi connectivity index (χ1) is 11.2. The summed E-state index contributed by atoms with van der Waals surface area (Å²) in [7, 11) is 4.06. The van der Waals surface area contributed by atoms with E-state index in [1.54, 1.807) is 0 Å². The van der Waals surface area contributed by atoms with E-state index in [1.165, 1.54) is 5.39 Å². The Morgan fingerprint density at radius 2 is 1.43 bits per heavy atom. The van der Waals surface area contributed by atoms with Gasteiger partial charge in [0.25, 0.3) is 0 Å². The zero-order chi connectivity index (χ0) is 16.2. The summed E-state index contributed by atoms with van der Waals surface area (Å²) in [6, 6.07) is 24.7. The molecule has 2 nitrogen and oxygen atoms in total. The molecule has 0 aliphatic rings. The molecular weight excluding hydrogens is 282 g/mol. The highest BCUT2D eigenvalue weighted by molar-refractivity contribution is 5.89. The largest absolute Gasteiger partial charge is 0.454 e. The molecule has 0 fully saturated rings. The van der Waals surface area contributed by atoms with Crippen molar-refractivity contribution in [2.45, 2.75) is 6.92 Å². The quantitative estimate of drug-likeness (QED) is 0.617. The van der Waals surface area contributed by atoms with Crippen molar-refractivity contribution in [3.8, 4) is 5.75 Å². The molecule has 0 amide bonds. The molecule has 0 aromatic heterocycles. The van der Waals surface area contributed by atoms with Crippen LogP contribution in [0.15, 0.2) is 78.5 Å². The number of nitrogens with zero attached hydrogens (tertiary/aromatic N) is 1. The minimum Gasteiger partial charge on any atom is -0.454 e.